The maximum atomic E-state index is 12.3. The normalized spacial score (nSPS) is 10.9. The first-order valence-electron chi connectivity index (χ1n) is 8.85. The lowest BCUT2D eigenvalue weighted by Gasteiger charge is -2.12. The molecule has 0 spiro atoms. The van der Waals surface area contributed by atoms with E-state index in [1.54, 1.807) is 18.2 Å². The number of nitrogens with zero attached hydrogens (tertiary/aromatic N) is 1. The van der Waals surface area contributed by atoms with Crippen LogP contribution in [0.3, 0.4) is 0 Å². The SMILES string of the molecule is CCc1cccc(C)c1NC(=O)CSCc1cc(-c2ccc(Cl)cc2Cl)no1. The number of benzene rings is 2. The Hall–Kier alpha value is -1.95. The van der Waals surface area contributed by atoms with E-state index in [0.717, 1.165) is 28.8 Å². The summed E-state index contributed by atoms with van der Waals surface area (Å²) in [7, 11) is 0. The number of aryl methyl sites for hydroxylation is 2. The number of carbonyl (C=O) groups excluding carboxylic acids is 1. The number of hydrogen-bond acceptors (Lipinski definition) is 4. The van der Waals surface area contributed by atoms with Crippen molar-refractivity contribution < 1.29 is 9.32 Å². The first kappa shape index (κ1) is 20.8. The number of amides is 1. The summed E-state index contributed by atoms with van der Waals surface area (Å²) >= 11 is 13.6. The summed E-state index contributed by atoms with van der Waals surface area (Å²) in [6, 6.07) is 13.1. The molecule has 0 bridgehead atoms. The second-order valence-corrected chi connectivity index (χ2v) is 8.14. The number of anilines is 1. The van der Waals surface area contributed by atoms with E-state index in [4.69, 9.17) is 27.7 Å². The molecule has 0 fully saturated rings. The third kappa shape index (κ3) is 5.10. The van der Waals surface area contributed by atoms with Gasteiger partial charge in [0.25, 0.3) is 0 Å². The van der Waals surface area contributed by atoms with Crippen LogP contribution >= 0.6 is 35.0 Å². The fraction of sp³-hybridized carbons (Fsp3) is 0.238. The number of carbonyl (C=O) groups is 1. The Kier molecular flexibility index (Phi) is 7.05. The first-order chi connectivity index (χ1) is 13.5. The van der Waals surface area contributed by atoms with Crippen molar-refractivity contribution in [3.63, 3.8) is 0 Å². The molecule has 146 valence electrons. The van der Waals surface area contributed by atoms with Gasteiger partial charge in [0.2, 0.25) is 5.91 Å². The van der Waals surface area contributed by atoms with E-state index in [-0.39, 0.29) is 5.91 Å². The summed E-state index contributed by atoms with van der Waals surface area (Å²) in [4.78, 5) is 12.3. The Morgan fingerprint density at radius 1 is 1.21 bits per heavy atom. The Morgan fingerprint density at radius 2 is 2.04 bits per heavy atom. The minimum Gasteiger partial charge on any atom is -0.360 e. The molecule has 4 nitrogen and oxygen atoms in total. The molecule has 1 N–H and O–H groups in total. The van der Waals surface area contributed by atoms with Gasteiger partial charge in [-0.2, -0.15) is 0 Å². The van der Waals surface area contributed by atoms with Crippen LogP contribution in [0.4, 0.5) is 5.69 Å². The Balaban J connectivity index is 1.56. The van der Waals surface area contributed by atoms with Crippen molar-refractivity contribution in [1.29, 1.82) is 0 Å². The van der Waals surface area contributed by atoms with Crippen LogP contribution in [-0.4, -0.2) is 16.8 Å². The van der Waals surface area contributed by atoms with Crippen LogP contribution in [0.5, 0.6) is 0 Å². The third-order valence-electron chi connectivity index (χ3n) is 4.25. The van der Waals surface area contributed by atoms with Gasteiger partial charge in [-0.25, -0.2) is 0 Å². The summed E-state index contributed by atoms with van der Waals surface area (Å²) in [5.41, 5.74) is 4.52. The largest absolute Gasteiger partial charge is 0.360 e. The molecule has 0 aliphatic heterocycles. The summed E-state index contributed by atoms with van der Waals surface area (Å²) in [6.45, 7) is 4.08. The van der Waals surface area contributed by atoms with Gasteiger partial charge in [0.05, 0.1) is 16.5 Å². The van der Waals surface area contributed by atoms with Gasteiger partial charge in [-0.1, -0.05) is 53.5 Å². The van der Waals surface area contributed by atoms with Crippen molar-refractivity contribution in [2.75, 3.05) is 11.1 Å². The zero-order valence-corrected chi connectivity index (χ0v) is 17.9. The van der Waals surface area contributed by atoms with Crippen LogP contribution in [-0.2, 0) is 17.0 Å². The Bertz CT molecular complexity index is 988. The van der Waals surface area contributed by atoms with Gasteiger partial charge in [0, 0.05) is 22.3 Å². The van der Waals surface area contributed by atoms with Crippen LogP contribution < -0.4 is 5.32 Å². The highest BCUT2D eigenvalue weighted by Crippen LogP contribution is 2.30. The van der Waals surface area contributed by atoms with Crippen LogP contribution in [0.25, 0.3) is 11.3 Å². The highest BCUT2D eigenvalue weighted by atomic mass is 35.5. The van der Waals surface area contributed by atoms with Crippen molar-refractivity contribution in [3.8, 4) is 11.3 Å². The minimum absolute atomic E-state index is 0.0329. The third-order valence-corrected chi connectivity index (χ3v) is 5.75. The predicted octanol–water partition coefficient (Wildman–Crippen LogP) is 6.39. The molecule has 1 amide bonds. The topological polar surface area (TPSA) is 55.1 Å². The molecule has 1 heterocycles. The monoisotopic (exact) mass is 434 g/mol. The van der Waals surface area contributed by atoms with E-state index in [1.165, 1.54) is 11.8 Å². The number of rotatable bonds is 7. The summed E-state index contributed by atoms with van der Waals surface area (Å²) in [5, 5.41) is 8.17. The summed E-state index contributed by atoms with van der Waals surface area (Å²) in [5.74, 6) is 1.52. The van der Waals surface area contributed by atoms with E-state index < -0.39 is 0 Å². The number of aromatic nitrogens is 1. The van der Waals surface area contributed by atoms with Gasteiger partial charge < -0.3 is 9.84 Å². The van der Waals surface area contributed by atoms with Crippen LogP contribution in [0, 0.1) is 6.92 Å². The zero-order chi connectivity index (χ0) is 20.1. The summed E-state index contributed by atoms with van der Waals surface area (Å²) < 4.78 is 5.37. The number of halogens is 2. The highest BCUT2D eigenvalue weighted by molar-refractivity contribution is 7.99. The Morgan fingerprint density at radius 3 is 2.79 bits per heavy atom. The average molecular weight is 435 g/mol. The molecule has 0 aliphatic rings. The zero-order valence-electron chi connectivity index (χ0n) is 15.6. The van der Waals surface area contributed by atoms with Gasteiger partial charge >= 0.3 is 0 Å². The van der Waals surface area contributed by atoms with Gasteiger partial charge in [-0.05, 0) is 42.7 Å². The predicted molar refractivity (Wildman–Crippen MR) is 117 cm³/mol. The minimum atomic E-state index is -0.0329. The fourth-order valence-electron chi connectivity index (χ4n) is 2.83. The molecule has 0 aliphatic carbocycles. The first-order valence-corrected chi connectivity index (χ1v) is 10.8. The van der Waals surface area contributed by atoms with Crippen LogP contribution in [0.2, 0.25) is 10.0 Å². The molecular formula is C21H20Cl2N2O2S. The van der Waals surface area contributed by atoms with E-state index in [9.17, 15) is 4.79 Å². The van der Waals surface area contributed by atoms with Crippen molar-refractivity contribution in [2.45, 2.75) is 26.0 Å². The molecule has 28 heavy (non-hydrogen) atoms. The van der Waals surface area contributed by atoms with E-state index in [0.29, 0.717) is 33.0 Å². The molecule has 0 radical (unpaired) electrons. The number of thioether (sulfide) groups is 1. The quantitative estimate of drug-likeness (QED) is 0.467. The molecule has 0 saturated carbocycles. The molecule has 7 heteroatoms. The molecule has 0 saturated heterocycles. The van der Waals surface area contributed by atoms with Crippen molar-refractivity contribution in [2.24, 2.45) is 0 Å². The smallest absolute Gasteiger partial charge is 0.234 e. The lowest BCUT2D eigenvalue weighted by molar-refractivity contribution is -0.113. The molecule has 0 atom stereocenters. The molecule has 2 aromatic carbocycles. The maximum Gasteiger partial charge on any atom is 0.234 e. The van der Waals surface area contributed by atoms with E-state index >= 15 is 0 Å². The highest BCUT2D eigenvalue weighted by Gasteiger charge is 2.12. The number of para-hydroxylation sites is 1. The molecular weight excluding hydrogens is 415 g/mol. The van der Waals surface area contributed by atoms with Crippen molar-refractivity contribution in [1.82, 2.24) is 5.16 Å². The van der Waals surface area contributed by atoms with Gasteiger partial charge in [0.1, 0.15) is 11.5 Å². The standard InChI is InChI=1S/C21H20Cl2N2O2S/c1-3-14-6-4-5-13(2)21(14)24-20(26)12-28-11-16-10-19(25-27-16)17-8-7-15(22)9-18(17)23/h4-10H,3,11-12H2,1-2H3,(H,24,26). The number of hydrogen-bond donors (Lipinski definition) is 1. The molecule has 1 aromatic heterocycles. The number of nitrogens with one attached hydrogen (secondary N) is 1. The van der Waals surface area contributed by atoms with E-state index in [1.807, 2.05) is 31.2 Å². The summed E-state index contributed by atoms with van der Waals surface area (Å²) in [6.07, 6.45) is 0.874. The maximum absolute atomic E-state index is 12.3. The van der Waals surface area contributed by atoms with E-state index in [2.05, 4.69) is 17.4 Å². The average Bonchev–Trinajstić information content (AvgIpc) is 3.12. The van der Waals surface area contributed by atoms with Crippen molar-refractivity contribution >= 4 is 46.6 Å². The molecule has 3 aromatic rings. The van der Waals surface area contributed by atoms with Gasteiger partial charge in [0.15, 0.2) is 0 Å². The van der Waals surface area contributed by atoms with Gasteiger partial charge in [-0.3, -0.25) is 4.79 Å². The molecule has 3 rings (SSSR count). The lowest BCUT2D eigenvalue weighted by Crippen LogP contribution is -2.16. The second-order valence-electron chi connectivity index (χ2n) is 6.31. The van der Waals surface area contributed by atoms with Gasteiger partial charge in [-0.15, -0.1) is 11.8 Å². The fourth-order valence-corrected chi connectivity index (χ4v) is 4.03. The van der Waals surface area contributed by atoms with Crippen LogP contribution in [0.1, 0.15) is 23.8 Å². The second kappa shape index (κ2) is 9.50. The lowest BCUT2D eigenvalue weighted by atomic mass is 10.1. The van der Waals surface area contributed by atoms with Crippen LogP contribution in [0.15, 0.2) is 47.0 Å². The molecule has 0 unspecified atom stereocenters. The van der Waals surface area contributed by atoms with Crippen molar-refractivity contribution in [3.05, 3.63) is 69.4 Å². The Labute approximate surface area is 178 Å².